The molecule has 0 radical (unpaired) electrons. The maximum atomic E-state index is 6.44. The molecule has 0 unspecified atom stereocenters. The Bertz CT molecular complexity index is 3790. The van der Waals surface area contributed by atoms with Gasteiger partial charge in [-0.15, -0.1) is 0 Å². The molecule has 0 amide bonds. The molecule has 3 aromatic heterocycles. The number of aromatic nitrogens is 4. The van der Waals surface area contributed by atoms with E-state index in [0.717, 1.165) is 55.2 Å². The molecule has 0 N–H and O–H groups in total. The third kappa shape index (κ3) is 7.49. The molecule has 0 atom stereocenters. The van der Waals surface area contributed by atoms with Crippen molar-refractivity contribution in [3.05, 3.63) is 230 Å². The summed E-state index contributed by atoms with van der Waals surface area (Å²) in [5, 5.41) is 9.62. The first-order valence-electron chi connectivity index (χ1n) is 24.6. The van der Waals surface area contributed by atoms with Gasteiger partial charge in [0.1, 0.15) is 11.2 Å². The number of benzene rings is 9. The van der Waals surface area contributed by atoms with Gasteiger partial charge in [-0.2, -0.15) is 9.97 Å². The second-order valence-corrected chi connectivity index (χ2v) is 24.6. The maximum Gasteiger partial charge on any atom is 0.238 e. The first kappa shape index (κ1) is 44.0. The van der Waals surface area contributed by atoms with Crippen molar-refractivity contribution in [1.82, 2.24) is 19.5 Å². The lowest BCUT2D eigenvalue weighted by Crippen LogP contribution is -2.74. The van der Waals surface area contributed by atoms with Crippen LogP contribution in [0, 0.1) is 0 Å². The molecule has 0 bridgehead atoms. The topological polar surface area (TPSA) is 56.7 Å². The molecule has 3 heterocycles. The molecular weight excluding hydrogens is 881 g/mol. The third-order valence-corrected chi connectivity index (χ3v) is 19.1. The second-order valence-electron chi connectivity index (χ2n) is 20.8. The predicted molar refractivity (Wildman–Crippen MR) is 299 cm³/mol. The molecule has 344 valence electrons. The highest BCUT2D eigenvalue weighted by Crippen LogP contribution is 2.42. The lowest BCUT2D eigenvalue weighted by molar-refractivity contribution is 0.590. The summed E-state index contributed by atoms with van der Waals surface area (Å²) in [5.41, 5.74) is 10.1. The SMILES string of the molecule is CC(C)(C)c1ccc2c(c1)c1cc(C(C)(C)C)ccc1n2-c1nc(-c2cccc([Si](c3ccccc3)(c3ccccc3)c3ccccc3)c2)nc(-c2ccccc2-c2cccc3oc4ccccc4c23)n1. The quantitative estimate of drug-likeness (QED) is 0.113. The van der Waals surface area contributed by atoms with Gasteiger partial charge in [-0.1, -0.05) is 224 Å². The van der Waals surface area contributed by atoms with E-state index in [2.05, 4.69) is 252 Å². The molecule has 0 aliphatic rings. The van der Waals surface area contributed by atoms with Gasteiger partial charge >= 0.3 is 0 Å². The van der Waals surface area contributed by atoms with Gasteiger partial charge in [-0.3, -0.25) is 4.57 Å². The highest BCUT2D eigenvalue weighted by atomic mass is 28.3. The summed E-state index contributed by atoms with van der Waals surface area (Å²) in [6.45, 7) is 13.7. The van der Waals surface area contributed by atoms with Gasteiger partial charge in [0.25, 0.3) is 0 Å². The van der Waals surface area contributed by atoms with E-state index < -0.39 is 8.07 Å². The molecule has 12 rings (SSSR count). The minimum Gasteiger partial charge on any atom is -0.456 e. The van der Waals surface area contributed by atoms with Crippen molar-refractivity contribution >= 4 is 72.6 Å². The van der Waals surface area contributed by atoms with E-state index in [0.29, 0.717) is 17.6 Å². The number of nitrogens with zero attached hydrogens (tertiary/aromatic N) is 4. The van der Waals surface area contributed by atoms with Crippen LogP contribution in [0.3, 0.4) is 0 Å². The minimum absolute atomic E-state index is 0.0482. The number of para-hydroxylation sites is 1. The number of fused-ring (bicyclic) bond motifs is 6. The molecule has 0 aliphatic heterocycles. The fourth-order valence-corrected chi connectivity index (χ4v) is 15.5. The van der Waals surface area contributed by atoms with Crippen molar-refractivity contribution in [3.8, 4) is 39.9 Å². The second kappa shape index (κ2) is 17.0. The zero-order valence-electron chi connectivity index (χ0n) is 41.0. The fourth-order valence-electron chi connectivity index (χ4n) is 10.8. The van der Waals surface area contributed by atoms with Crippen LogP contribution < -0.4 is 20.7 Å². The van der Waals surface area contributed by atoms with Gasteiger partial charge < -0.3 is 4.42 Å². The van der Waals surface area contributed by atoms with E-state index in [1.54, 1.807) is 0 Å². The van der Waals surface area contributed by atoms with Crippen LogP contribution in [0.15, 0.2) is 223 Å². The first-order valence-corrected chi connectivity index (χ1v) is 26.6. The molecule has 71 heavy (non-hydrogen) atoms. The van der Waals surface area contributed by atoms with E-state index in [1.165, 1.54) is 42.6 Å². The fraction of sp³-hybridized carbons (Fsp3) is 0.123. The lowest BCUT2D eigenvalue weighted by Gasteiger charge is -2.34. The summed E-state index contributed by atoms with van der Waals surface area (Å²) < 4.78 is 8.69. The highest BCUT2D eigenvalue weighted by molar-refractivity contribution is 7.19. The molecule has 0 spiro atoms. The number of rotatable bonds is 8. The Morgan fingerprint density at radius 3 is 1.45 bits per heavy atom. The van der Waals surface area contributed by atoms with Crippen LogP contribution in [0.1, 0.15) is 52.7 Å². The van der Waals surface area contributed by atoms with E-state index in [1.807, 2.05) is 12.1 Å². The molecule has 0 saturated carbocycles. The molecule has 12 aromatic rings. The van der Waals surface area contributed by atoms with E-state index in [4.69, 9.17) is 19.4 Å². The number of hydrogen-bond donors (Lipinski definition) is 0. The molecule has 5 nitrogen and oxygen atoms in total. The van der Waals surface area contributed by atoms with E-state index >= 15 is 0 Å². The number of furan rings is 1. The van der Waals surface area contributed by atoms with Crippen LogP contribution in [0.5, 0.6) is 0 Å². The summed E-state index contributed by atoms with van der Waals surface area (Å²) >= 11 is 0. The minimum atomic E-state index is -2.90. The summed E-state index contributed by atoms with van der Waals surface area (Å²) in [4.78, 5) is 16.7. The standard InChI is InChI=1S/C65H54N4OSi/c1-64(2,3)44-36-38-56-54(41-44)55-42-45(65(4,5)6)37-39-57(55)69(56)63-67-61(66-62(68-63)52-31-17-16-30-50(52)51-33-21-35-59-60(51)53-32-18-19-34-58(53)70-59)43-22-20-29-49(40-43)71(46-23-10-7-11-24-46,47-25-12-8-13-26-47)48-27-14-9-15-28-48/h7-42H,1-6H3. The van der Waals surface area contributed by atoms with Crippen molar-refractivity contribution < 1.29 is 4.42 Å². The summed E-state index contributed by atoms with van der Waals surface area (Å²) in [6.07, 6.45) is 0. The van der Waals surface area contributed by atoms with Gasteiger partial charge in [0, 0.05) is 32.7 Å². The Kier molecular flexibility index (Phi) is 10.6. The van der Waals surface area contributed by atoms with Gasteiger partial charge in [-0.25, -0.2) is 4.98 Å². The Balaban J connectivity index is 1.16. The van der Waals surface area contributed by atoms with Crippen LogP contribution in [-0.2, 0) is 10.8 Å². The number of hydrogen-bond acceptors (Lipinski definition) is 4. The van der Waals surface area contributed by atoms with Crippen LogP contribution in [0.4, 0.5) is 0 Å². The average molecular weight is 935 g/mol. The molecule has 9 aromatic carbocycles. The highest BCUT2D eigenvalue weighted by Gasteiger charge is 2.41. The van der Waals surface area contributed by atoms with Crippen LogP contribution >= 0.6 is 0 Å². The van der Waals surface area contributed by atoms with Crippen molar-refractivity contribution in [1.29, 1.82) is 0 Å². The summed E-state index contributed by atoms with van der Waals surface area (Å²) in [7, 11) is -2.90. The van der Waals surface area contributed by atoms with Crippen molar-refractivity contribution in [3.63, 3.8) is 0 Å². The Labute approximate surface area is 416 Å². The van der Waals surface area contributed by atoms with Gasteiger partial charge in [-0.05, 0) is 90.2 Å². The Morgan fingerprint density at radius 2 is 0.859 bits per heavy atom. The molecule has 0 fully saturated rings. The molecule has 0 aliphatic carbocycles. The average Bonchev–Trinajstić information content (AvgIpc) is 3.95. The van der Waals surface area contributed by atoms with Crippen molar-refractivity contribution in [2.75, 3.05) is 0 Å². The monoisotopic (exact) mass is 934 g/mol. The lowest BCUT2D eigenvalue weighted by atomic mass is 9.85. The first-order chi connectivity index (χ1) is 34.5. The molecule has 0 saturated heterocycles. The predicted octanol–water partition coefficient (Wildman–Crippen LogP) is 13.8. The molecular formula is C65H54N4OSi. The summed E-state index contributed by atoms with van der Waals surface area (Å²) in [5.74, 6) is 1.74. The zero-order chi connectivity index (χ0) is 48.5. The normalized spacial score (nSPS) is 12.4. The van der Waals surface area contributed by atoms with Crippen molar-refractivity contribution in [2.24, 2.45) is 0 Å². The van der Waals surface area contributed by atoms with Crippen LogP contribution in [0.25, 0.3) is 83.6 Å². The maximum absolute atomic E-state index is 6.44. The van der Waals surface area contributed by atoms with Gasteiger partial charge in [0.15, 0.2) is 19.7 Å². The smallest absolute Gasteiger partial charge is 0.238 e. The summed E-state index contributed by atoms with van der Waals surface area (Å²) in [6, 6.07) is 79.0. The largest absolute Gasteiger partial charge is 0.456 e. The van der Waals surface area contributed by atoms with E-state index in [-0.39, 0.29) is 10.8 Å². The van der Waals surface area contributed by atoms with Crippen LogP contribution in [0.2, 0.25) is 0 Å². The Hall–Kier alpha value is -8.19. The van der Waals surface area contributed by atoms with Crippen LogP contribution in [-0.4, -0.2) is 27.6 Å². The third-order valence-electron chi connectivity index (χ3n) is 14.4. The van der Waals surface area contributed by atoms with Gasteiger partial charge in [0.2, 0.25) is 5.95 Å². The van der Waals surface area contributed by atoms with E-state index in [9.17, 15) is 0 Å². The van der Waals surface area contributed by atoms with Gasteiger partial charge in [0.05, 0.1) is 11.0 Å². The Morgan fingerprint density at radius 1 is 0.380 bits per heavy atom. The van der Waals surface area contributed by atoms with Crippen molar-refractivity contribution in [2.45, 2.75) is 52.4 Å². The molecule has 6 heteroatoms. The zero-order valence-corrected chi connectivity index (χ0v) is 42.0.